The summed E-state index contributed by atoms with van der Waals surface area (Å²) in [5.74, 6) is 0.632. The number of carbonyl (C=O) groups is 2. The first-order chi connectivity index (χ1) is 12.6. The van der Waals surface area contributed by atoms with Crippen molar-refractivity contribution in [2.75, 3.05) is 18.6 Å². The Labute approximate surface area is 153 Å². The summed E-state index contributed by atoms with van der Waals surface area (Å²) in [6.07, 6.45) is 0.844. The predicted molar refractivity (Wildman–Crippen MR) is 100 cm³/mol. The van der Waals surface area contributed by atoms with Crippen LogP contribution in [-0.4, -0.2) is 31.6 Å². The molecule has 0 bridgehead atoms. The molecule has 1 aliphatic heterocycles. The molecule has 6 nitrogen and oxygen atoms in total. The second kappa shape index (κ2) is 7.91. The van der Waals surface area contributed by atoms with Crippen molar-refractivity contribution in [3.63, 3.8) is 0 Å². The molecule has 1 heterocycles. The SMILES string of the molecule is COc1cccc(CNC(=O)N[C@H](C)C(=O)N2CCc3ccccc32)c1. The standard InChI is InChI=1S/C20H23N3O3/c1-14(19(24)23-11-10-16-7-3-4-9-18(16)23)22-20(25)21-13-15-6-5-8-17(12-15)26-2/h3-9,12,14H,10-11,13H2,1-2H3,(H2,21,22,25)/t14-/m1/s1. The van der Waals surface area contributed by atoms with Crippen LogP contribution in [0.2, 0.25) is 0 Å². The zero-order valence-electron chi connectivity index (χ0n) is 15.0. The van der Waals surface area contributed by atoms with Gasteiger partial charge in [0.1, 0.15) is 11.8 Å². The Kier molecular flexibility index (Phi) is 5.41. The van der Waals surface area contributed by atoms with Crippen molar-refractivity contribution in [2.24, 2.45) is 0 Å². The van der Waals surface area contributed by atoms with Crippen molar-refractivity contribution in [1.29, 1.82) is 0 Å². The summed E-state index contributed by atoms with van der Waals surface area (Å²) in [7, 11) is 1.60. The number of hydrogen-bond donors (Lipinski definition) is 2. The van der Waals surface area contributed by atoms with Gasteiger partial charge < -0.3 is 20.3 Å². The Bertz CT molecular complexity index is 806. The quantitative estimate of drug-likeness (QED) is 0.867. The average Bonchev–Trinajstić information content (AvgIpc) is 3.10. The largest absolute Gasteiger partial charge is 0.497 e. The fraction of sp³-hybridized carbons (Fsp3) is 0.300. The molecule has 0 saturated carbocycles. The van der Waals surface area contributed by atoms with E-state index < -0.39 is 6.04 Å². The number of nitrogens with zero attached hydrogens (tertiary/aromatic N) is 1. The molecule has 136 valence electrons. The molecule has 0 saturated heterocycles. The van der Waals surface area contributed by atoms with Crippen LogP contribution in [0.4, 0.5) is 10.5 Å². The number of anilines is 1. The Hall–Kier alpha value is -3.02. The fourth-order valence-electron chi connectivity index (χ4n) is 3.08. The summed E-state index contributed by atoms with van der Waals surface area (Å²) in [6.45, 7) is 2.71. The number of nitrogens with one attached hydrogen (secondary N) is 2. The van der Waals surface area contributed by atoms with Crippen molar-refractivity contribution in [3.8, 4) is 5.75 Å². The lowest BCUT2D eigenvalue weighted by Gasteiger charge is -2.22. The van der Waals surface area contributed by atoms with Gasteiger partial charge in [0, 0.05) is 18.8 Å². The molecule has 3 rings (SSSR count). The summed E-state index contributed by atoms with van der Waals surface area (Å²) < 4.78 is 5.16. The highest BCUT2D eigenvalue weighted by Crippen LogP contribution is 2.27. The molecule has 2 aromatic carbocycles. The van der Waals surface area contributed by atoms with E-state index in [1.54, 1.807) is 18.9 Å². The molecule has 26 heavy (non-hydrogen) atoms. The highest BCUT2D eigenvalue weighted by atomic mass is 16.5. The van der Waals surface area contributed by atoms with E-state index in [2.05, 4.69) is 10.6 Å². The van der Waals surface area contributed by atoms with Crippen LogP contribution < -0.4 is 20.3 Å². The highest BCUT2D eigenvalue weighted by Gasteiger charge is 2.28. The van der Waals surface area contributed by atoms with E-state index >= 15 is 0 Å². The van der Waals surface area contributed by atoms with Gasteiger partial charge in [-0.05, 0) is 42.7 Å². The first-order valence-corrected chi connectivity index (χ1v) is 8.65. The van der Waals surface area contributed by atoms with Crippen molar-refractivity contribution in [1.82, 2.24) is 10.6 Å². The lowest BCUT2D eigenvalue weighted by Crippen LogP contribution is -2.49. The molecule has 0 aliphatic carbocycles. The maximum absolute atomic E-state index is 12.7. The zero-order valence-corrected chi connectivity index (χ0v) is 15.0. The van der Waals surface area contributed by atoms with Gasteiger partial charge in [-0.2, -0.15) is 0 Å². The topological polar surface area (TPSA) is 70.7 Å². The van der Waals surface area contributed by atoms with Crippen molar-refractivity contribution in [3.05, 3.63) is 59.7 Å². The van der Waals surface area contributed by atoms with Crippen LogP contribution in [0.3, 0.4) is 0 Å². The van der Waals surface area contributed by atoms with Gasteiger partial charge in [-0.1, -0.05) is 30.3 Å². The van der Waals surface area contributed by atoms with Crippen LogP contribution in [0.25, 0.3) is 0 Å². The van der Waals surface area contributed by atoms with Crippen LogP contribution >= 0.6 is 0 Å². The minimum Gasteiger partial charge on any atom is -0.497 e. The zero-order chi connectivity index (χ0) is 18.5. The second-order valence-corrected chi connectivity index (χ2v) is 6.27. The minimum atomic E-state index is -0.605. The smallest absolute Gasteiger partial charge is 0.315 e. The van der Waals surface area contributed by atoms with E-state index in [9.17, 15) is 9.59 Å². The third-order valence-electron chi connectivity index (χ3n) is 4.46. The number of urea groups is 1. The number of methoxy groups -OCH3 is 1. The Balaban J connectivity index is 1.53. The van der Waals surface area contributed by atoms with E-state index in [-0.39, 0.29) is 11.9 Å². The predicted octanol–water partition coefficient (Wildman–Crippen LogP) is 2.47. The van der Waals surface area contributed by atoms with Gasteiger partial charge in [0.15, 0.2) is 0 Å². The second-order valence-electron chi connectivity index (χ2n) is 6.27. The summed E-state index contributed by atoms with van der Waals surface area (Å²) in [6, 6.07) is 14.4. The normalized spacial score (nSPS) is 13.7. The van der Waals surface area contributed by atoms with Gasteiger partial charge in [-0.3, -0.25) is 4.79 Å². The van der Waals surface area contributed by atoms with E-state index in [1.165, 1.54) is 0 Å². The van der Waals surface area contributed by atoms with Crippen LogP contribution in [0.1, 0.15) is 18.1 Å². The molecule has 0 spiro atoms. The molecular weight excluding hydrogens is 330 g/mol. The van der Waals surface area contributed by atoms with E-state index in [0.29, 0.717) is 13.1 Å². The number of carbonyl (C=O) groups excluding carboxylic acids is 2. The number of para-hydroxylation sites is 1. The molecule has 0 radical (unpaired) electrons. The molecule has 2 N–H and O–H groups in total. The van der Waals surface area contributed by atoms with E-state index in [4.69, 9.17) is 4.74 Å². The summed E-state index contributed by atoms with van der Waals surface area (Å²) in [5.41, 5.74) is 3.02. The highest BCUT2D eigenvalue weighted by molar-refractivity contribution is 6.00. The Morgan fingerprint density at radius 1 is 1.19 bits per heavy atom. The number of rotatable bonds is 5. The molecular formula is C20H23N3O3. The van der Waals surface area contributed by atoms with Crippen LogP contribution in [0.5, 0.6) is 5.75 Å². The van der Waals surface area contributed by atoms with Crippen molar-refractivity contribution < 1.29 is 14.3 Å². The molecule has 3 amide bonds. The van der Waals surface area contributed by atoms with Gasteiger partial charge in [0.2, 0.25) is 5.91 Å². The van der Waals surface area contributed by atoms with Gasteiger partial charge in [-0.25, -0.2) is 4.79 Å². The molecule has 0 aromatic heterocycles. The van der Waals surface area contributed by atoms with Crippen molar-refractivity contribution in [2.45, 2.75) is 25.9 Å². The summed E-state index contributed by atoms with van der Waals surface area (Å²) in [5, 5.41) is 5.48. The third-order valence-corrected chi connectivity index (χ3v) is 4.46. The number of fused-ring (bicyclic) bond motifs is 1. The first kappa shape index (κ1) is 17.8. The monoisotopic (exact) mass is 353 g/mol. The maximum Gasteiger partial charge on any atom is 0.315 e. The first-order valence-electron chi connectivity index (χ1n) is 8.65. The lowest BCUT2D eigenvalue weighted by atomic mass is 10.2. The summed E-state index contributed by atoms with van der Waals surface area (Å²) >= 11 is 0. The Morgan fingerprint density at radius 3 is 2.81 bits per heavy atom. The van der Waals surface area contributed by atoms with E-state index in [1.807, 2.05) is 48.5 Å². The third kappa shape index (κ3) is 3.96. The molecule has 0 fully saturated rings. The van der Waals surface area contributed by atoms with Crippen LogP contribution in [0, 0.1) is 0 Å². The molecule has 6 heteroatoms. The van der Waals surface area contributed by atoms with Gasteiger partial charge >= 0.3 is 6.03 Å². The average molecular weight is 353 g/mol. The van der Waals surface area contributed by atoms with Gasteiger partial charge in [0.25, 0.3) is 0 Å². The number of benzene rings is 2. The lowest BCUT2D eigenvalue weighted by molar-refractivity contribution is -0.119. The number of ether oxygens (including phenoxy) is 1. The molecule has 0 unspecified atom stereocenters. The fourth-order valence-corrected chi connectivity index (χ4v) is 3.08. The maximum atomic E-state index is 12.7. The molecule has 2 aromatic rings. The van der Waals surface area contributed by atoms with Crippen LogP contribution in [0.15, 0.2) is 48.5 Å². The van der Waals surface area contributed by atoms with Gasteiger partial charge in [0.05, 0.1) is 7.11 Å². The number of amides is 3. The van der Waals surface area contributed by atoms with Crippen LogP contribution in [-0.2, 0) is 17.8 Å². The number of hydrogen-bond acceptors (Lipinski definition) is 3. The van der Waals surface area contributed by atoms with Crippen molar-refractivity contribution >= 4 is 17.6 Å². The van der Waals surface area contributed by atoms with Gasteiger partial charge in [-0.15, -0.1) is 0 Å². The summed E-state index contributed by atoms with van der Waals surface area (Å²) in [4.78, 5) is 26.5. The molecule has 1 atom stereocenters. The Morgan fingerprint density at radius 2 is 2.00 bits per heavy atom. The minimum absolute atomic E-state index is 0.105. The van der Waals surface area contributed by atoms with E-state index in [0.717, 1.165) is 29.0 Å². The molecule has 1 aliphatic rings.